The average Bonchev–Trinajstić information content (AvgIpc) is 2.36. The Hall–Kier alpha value is -1.18. The Balaban J connectivity index is 2.40. The molecule has 2 rings (SSSR count). The molecule has 2 aromatic rings. The first-order valence-corrected chi connectivity index (χ1v) is 7.88. The maximum atomic E-state index is 13.5. The molecule has 8 heteroatoms. The maximum absolute atomic E-state index is 13.5. The molecule has 0 bridgehead atoms. The monoisotopic (exact) mass is 381 g/mol. The zero-order valence-electron chi connectivity index (χ0n) is 9.70. The lowest BCUT2D eigenvalue weighted by atomic mass is 10.3. The summed E-state index contributed by atoms with van der Waals surface area (Å²) in [5.41, 5.74) is 0.141. The van der Waals surface area contributed by atoms with Gasteiger partial charge in [-0.3, -0.25) is 4.72 Å². The van der Waals surface area contributed by atoms with Gasteiger partial charge in [-0.15, -0.1) is 0 Å². The zero-order chi connectivity index (χ0) is 14.9. The summed E-state index contributed by atoms with van der Waals surface area (Å²) in [5, 5.41) is 0.282. The minimum absolute atomic E-state index is 0.141. The number of nitrogens with one attached hydrogen (secondary N) is 1. The van der Waals surface area contributed by atoms with Gasteiger partial charge in [-0.1, -0.05) is 11.6 Å². The molecule has 20 heavy (non-hydrogen) atoms. The van der Waals surface area contributed by atoms with Crippen molar-refractivity contribution in [3.8, 4) is 0 Å². The Morgan fingerprint density at radius 1 is 1.10 bits per heavy atom. The highest BCUT2D eigenvalue weighted by atomic mass is 79.9. The van der Waals surface area contributed by atoms with Crippen LogP contribution < -0.4 is 4.72 Å². The molecule has 2 aromatic carbocycles. The number of halogens is 4. The van der Waals surface area contributed by atoms with E-state index in [0.717, 1.165) is 12.1 Å². The summed E-state index contributed by atoms with van der Waals surface area (Å²) < 4.78 is 53.2. The molecule has 0 spiro atoms. The van der Waals surface area contributed by atoms with Crippen LogP contribution >= 0.6 is 27.5 Å². The normalized spacial score (nSPS) is 11.4. The molecule has 106 valence electrons. The SMILES string of the molecule is O=S(=O)(Nc1ccc(Br)c(Cl)c1)c1cc(F)ccc1F. The van der Waals surface area contributed by atoms with Gasteiger partial charge in [-0.25, -0.2) is 17.2 Å². The molecule has 0 unspecified atom stereocenters. The summed E-state index contributed by atoms with van der Waals surface area (Å²) in [4.78, 5) is -0.767. The summed E-state index contributed by atoms with van der Waals surface area (Å²) >= 11 is 8.99. The van der Waals surface area contributed by atoms with Crippen molar-refractivity contribution < 1.29 is 17.2 Å². The second kappa shape index (κ2) is 5.67. The first-order valence-electron chi connectivity index (χ1n) is 5.22. The van der Waals surface area contributed by atoms with Crippen LogP contribution in [-0.2, 0) is 10.0 Å². The van der Waals surface area contributed by atoms with E-state index < -0.39 is 26.6 Å². The van der Waals surface area contributed by atoms with Crippen LogP contribution in [0.25, 0.3) is 0 Å². The summed E-state index contributed by atoms with van der Waals surface area (Å²) in [5.74, 6) is -1.89. The molecule has 1 N–H and O–H groups in total. The van der Waals surface area contributed by atoms with Gasteiger partial charge in [0.15, 0.2) is 0 Å². The van der Waals surface area contributed by atoms with Gasteiger partial charge in [0.1, 0.15) is 16.5 Å². The van der Waals surface area contributed by atoms with Crippen LogP contribution in [0.1, 0.15) is 0 Å². The van der Waals surface area contributed by atoms with Crippen LogP contribution in [0, 0.1) is 11.6 Å². The van der Waals surface area contributed by atoms with Gasteiger partial charge >= 0.3 is 0 Å². The zero-order valence-corrected chi connectivity index (χ0v) is 12.9. The lowest BCUT2D eigenvalue weighted by Gasteiger charge is -2.09. The summed E-state index contributed by atoms with van der Waals surface area (Å²) in [6.07, 6.45) is 0. The van der Waals surface area contributed by atoms with E-state index in [4.69, 9.17) is 11.6 Å². The van der Waals surface area contributed by atoms with Crippen molar-refractivity contribution in [2.45, 2.75) is 4.90 Å². The fourth-order valence-electron chi connectivity index (χ4n) is 1.45. The van der Waals surface area contributed by atoms with Crippen LogP contribution in [0.2, 0.25) is 5.02 Å². The van der Waals surface area contributed by atoms with Gasteiger partial charge in [-0.05, 0) is 52.3 Å². The van der Waals surface area contributed by atoms with Gasteiger partial charge in [0.2, 0.25) is 0 Å². The van der Waals surface area contributed by atoms with E-state index in [-0.39, 0.29) is 10.7 Å². The van der Waals surface area contributed by atoms with Crippen molar-refractivity contribution in [3.05, 3.63) is 57.5 Å². The number of benzene rings is 2. The first-order chi connectivity index (χ1) is 9.29. The smallest absolute Gasteiger partial charge is 0.264 e. The lowest BCUT2D eigenvalue weighted by molar-refractivity contribution is 0.555. The molecule has 0 saturated carbocycles. The summed E-state index contributed by atoms with van der Waals surface area (Å²) in [6.45, 7) is 0. The van der Waals surface area contributed by atoms with Gasteiger partial charge in [0.25, 0.3) is 10.0 Å². The average molecular weight is 383 g/mol. The number of sulfonamides is 1. The standard InChI is InChI=1S/C12H7BrClF2NO2S/c13-9-3-2-8(6-10(9)14)17-20(18,19)12-5-7(15)1-4-11(12)16/h1-6,17H. The van der Waals surface area contributed by atoms with Gasteiger partial charge in [0.05, 0.1) is 10.7 Å². The molecule has 0 radical (unpaired) electrons. The van der Waals surface area contributed by atoms with Crippen molar-refractivity contribution >= 4 is 43.2 Å². The molecular weight excluding hydrogens is 376 g/mol. The molecule has 0 saturated heterocycles. The van der Waals surface area contributed by atoms with E-state index in [9.17, 15) is 17.2 Å². The Bertz CT molecular complexity index is 768. The van der Waals surface area contributed by atoms with E-state index in [0.29, 0.717) is 10.5 Å². The van der Waals surface area contributed by atoms with Crippen LogP contribution in [0.3, 0.4) is 0 Å². The fourth-order valence-corrected chi connectivity index (χ4v) is 3.02. The molecule has 0 aliphatic rings. The van der Waals surface area contributed by atoms with Crippen molar-refractivity contribution in [2.24, 2.45) is 0 Å². The van der Waals surface area contributed by atoms with E-state index in [1.165, 1.54) is 18.2 Å². The van der Waals surface area contributed by atoms with Crippen molar-refractivity contribution in [2.75, 3.05) is 4.72 Å². The Morgan fingerprint density at radius 2 is 1.80 bits per heavy atom. The number of hydrogen-bond acceptors (Lipinski definition) is 2. The molecule has 0 amide bonds. The second-order valence-electron chi connectivity index (χ2n) is 3.81. The molecular formula is C12H7BrClF2NO2S. The maximum Gasteiger partial charge on any atom is 0.264 e. The third kappa shape index (κ3) is 3.28. The molecule has 0 aliphatic carbocycles. The predicted octanol–water partition coefficient (Wildman–Crippen LogP) is 4.18. The third-order valence-electron chi connectivity index (χ3n) is 2.35. The van der Waals surface area contributed by atoms with E-state index >= 15 is 0 Å². The quantitative estimate of drug-likeness (QED) is 0.865. The molecule has 0 fully saturated rings. The van der Waals surface area contributed by atoms with E-state index in [1.54, 1.807) is 0 Å². The fraction of sp³-hybridized carbons (Fsp3) is 0. The molecule has 3 nitrogen and oxygen atoms in total. The number of rotatable bonds is 3. The highest BCUT2D eigenvalue weighted by Gasteiger charge is 2.20. The van der Waals surface area contributed by atoms with Gasteiger partial charge in [-0.2, -0.15) is 0 Å². The highest BCUT2D eigenvalue weighted by Crippen LogP contribution is 2.27. The first kappa shape index (κ1) is 15.2. The van der Waals surface area contributed by atoms with Crippen molar-refractivity contribution in [3.63, 3.8) is 0 Å². The minimum atomic E-state index is -4.24. The Labute approximate surface area is 127 Å². The molecule has 0 heterocycles. The summed E-state index contributed by atoms with van der Waals surface area (Å²) in [6, 6.07) is 6.51. The van der Waals surface area contributed by atoms with Crippen LogP contribution in [-0.4, -0.2) is 8.42 Å². The summed E-state index contributed by atoms with van der Waals surface area (Å²) in [7, 11) is -4.24. The third-order valence-corrected chi connectivity index (χ3v) is 4.98. The largest absolute Gasteiger partial charge is 0.279 e. The van der Waals surface area contributed by atoms with E-state index in [1.807, 2.05) is 0 Å². The second-order valence-corrected chi connectivity index (χ2v) is 6.72. The molecule has 0 aliphatic heterocycles. The van der Waals surface area contributed by atoms with Crippen LogP contribution in [0.15, 0.2) is 45.8 Å². The van der Waals surface area contributed by atoms with Crippen molar-refractivity contribution in [1.82, 2.24) is 0 Å². The topological polar surface area (TPSA) is 46.2 Å². The Morgan fingerprint density at radius 3 is 2.45 bits per heavy atom. The molecule has 0 atom stereocenters. The van der Waals surface area contributed by atoms with Gasteiger partial charge < -0.3 is 0 Å². The van der Waals surface area contributed by atoms with Gasteiger partial charge in [0, 0.05) is 4.47 Å². The number of hydrogen-bond donors (Lipinski definition) is 1. The number of anilines is 1. The lowest BCUT2D eigenvalue weighted by Crippen LogP contribution is -2.14. The molecule has 0 aromatic heterocycles. The minimum Gasteiger partial charge on any atom is -0.279 e. The van der Waals surface area contributed by atoms with Crippen LogP contribution in [0.5, 0.6) is 0 Å². The Kier molecular flexibility index (Phi) is 4.31. The highest BCUT2D eigenvalue weighted by molar-refractivity contribution is 9.10. The van der Waals surface area contributed by atoms with E-state index in [2.05, 4.69) is 20.7 Å². The van der Waals surface area contributed by atoms with Crippen LogP contribution in [0.4, 0.5) is 14.5 Å². The van der Waals surface area contributed by atoms with Crippen molar-refractivity contribution in [1.29, 1.82) is 0 Å². The predicted molar refractivity (Wildman–Crippen MR) is 76.3 cm³/mol.